The molecule has 1 heterocycles. The monoisotopic (exact) mass is 175 g/mol. The third-order valence-electron chi connectivity index (χ3n) is 2.50. The fourth-order valence-corrected chi connectivity index (χ4v) is 1.18. The summed E-state index contributed by atoms with van der Waals surface area (Å²) in [5, 5.41) is 0. The Bertz CT molecular complexity index is 179. The van der Waals surface area contributed by atoms with Crippen molar-refractivity contribution in [3.05, 3.63) is 0 Å². The summed E-state index contributed by atoms with van der Waals surface area (Å²) in [5.74, 6) is -0.127. The van der Waals surface area contributed by atoms with Crippen LogP contribution in [-0.4, -0.2) is 41.6 Å². The van der Waals surface area contributed by atoms with Crippen LogP contribution in [0.1, 0.15) is 20.8 Å². The van der Waals surface area contributed by atoms with Crippen LogP contribution in [0, 0.1) is 0 Å². The second-order valence-electron chi connectivity index (χ2n) is 3.62. The molecule has 0 spiro atoms. The molecule has 0 radical (unpaired) electrons. The van der Waals surface area contributed by atoms with Gasteiger partial charge in [0.05, 0.1) is 0 Å². The molecule has 1 saturated heterocycles. The Morgan fingerprint density at radius 3 is 2.50 bits per heavy atom. The molecule has 0 amide bonds. The largest absolute Gasteiger partial charge is 0.463 e. The highest BCUT2D eigenvalue weighted by atomic mass is 16.5. The van der Waals surface area contributed by atoms with Crippen molar-refractivity contribution in [2.24, 2.45) is 0 Å². The molecule has 1 aliphatic heterocycles. The lowest BCUT2D eigenvalue weighted by Crippen LogP contribution is -2.58. The summed E-state index contributed by atoms with van der Waals surface area (Å²) in [5.41, 5.74) is -0.461. The van der Waals surface area contributed by atoms with E-state index in [9.17, 15) is 4.79 Å². The topological polar surface area (TPSA) is 61.0 Å². The molecule has 1 atom stereocenters. The molecule has 72 valence electrons. The Kier molecular flexibility index (Phi) is 3.24. The number of carbonyl (C=O) groups is 1. The maximum Gasteiger partial charge on any atom is 0.326 e. The molecular weight excluding hydrogens is 158 g/mol. The van der Waals surface area contributed by atoms with E-state index in [-0.39, 0.29) is 11.4 Å². The van der Waals surface area contributed by atoms with Gasteiger partial charge in [0.25, 0.3) is 0 Å². The maximum absolute atomic E-state index is 11.2. The predicted octanol–water partition coefficient (Wildman–Crippen LogP) is -0.183. The van der Waals surface area contributed by atoms with Gasteiger partial charge in [0.1, 0.15) is 12.1 Å². The van der Waals surface area contributed by atoms with Crippen molar-refractivity contribution in [2.75, 3.05) is 13.7 Å². The van der Waals surface area contributed by atoms with Crippen molar-refractivity contribution < 1.29 is 15.0 Å². The number of hydrogen-bond donors (Lipinski definition) is 0. The van der Waals surface area contributed by atoms with Crippen molar-refractivity contribution >= 4 is 5.97 Å². The average Bonchev–Trinajstić information content (AvgIpc) is 1.95. The Balaban J connectivity index is 0.00000121. The number of esters is 1. The van der Waals surface area contributed by atoms with Crippen molar-refractivity contribution in [3.8, 4) is 0 Å². The van der Waals surface area contributed by atoms with Gasteiger partial charge in [-0.1, -0.05) is 0 Å². The van der Waals surface area contributed by atoms with Crippen LogP contribution >= 0.6 is 0 Å². The number of morpholine rings is 1. The quantitative estimate of drug-likeness (QED) is 0.480. The summed E-state index contributed by atoms with van der Waals surface area (Å²) in [6.07, 6.45) is 0. The third-order valence-corrected chi connectivity index (χ3v) is 2.50. The van der Waals surface area contributed by atoms with Crippen LogP contribution in [0.2, 0.25) is 0 Å². The van der Waals surface area contributed by atoms with Gasteiger partial charge in [-0.25, -0.2) is 0 Å². The summed E-state index contributed by atoms with van der Waals surface area (Å²) in [4.78, 5) is 13.2. The molecule has 0 aromatic rings. The molecule has 4 heteroatoms. The fraction of sp³-hybridized carbons (Fsp3) is 0.875. The molecule has 0 bridgehead atoms. The van der Waals surface area contributed by atoms with E-state index in [1.807, 2.05) is 32.7 Å². The van der Waals surface area contributed by atoms with E-state index in [1.54, 1.807) is 0 Å². The minimum absolute atomic E-state index is 0. The number of ether oxygens (including phenoxy) is 1. The van der Waals surface area contributed by atoms with Gasteiger partial charge in [-0.3, -0.25) is 9.69 Å². The molecule has 1 fully saturated rings. The molecule has 0 aromatic carbocycles. The smallest absolute Gasteiger partial charge is 0.326 e. The first-order valence-corrected chi connectivity index (χ1v) is 3.86. The van der Waals surface area contributed by atoms with Crippen LogP contribution < -0.4 is 0 Å². The van der Waals surface area contributed by atoms with Crippen molar-refractivity contribution in [1.29, 1.82) is 0 Å². The van der Waals surface area contributed by atoms with Crippen molar-refractivity contribution in [2.45, 2.75) is 32.4 Å². The van der Waals surface area contributed by atoms with Crippen LogP contribution in [0.15, 0.2) is 0 Å². The molecule has 0 aliphatic carbocycles. The highest BCUT2D eigenvalue weighted by molar-refractivity contribution is 5.80. The Morgan fingerprint density at radius 1 is 1.58 bits per heavy atom. The van der Waals surface area contributed by atoms with Gasteiger partial charge >= 0.3 is 5.97 Å². The first-order chi connectivity index (χ1) is 4.96. The first kappa shape index (κ1) is 11.4. The van der Waals surface area contributed by atoms with Crippen LogP contribution in [0.4, 0.5) is 0 Å². The molecule has 12 heavy (non-hydrogen) atoms. The van der Waals surface area contributed by atoms with E-state index in [1.165, 1.54) is 0 Å². The first-order valence-electron chi connectivity index (χ1n) is 3.86. The second-order valence-corrected chi connectivity index (χ2v) is 3.62. The average molecular weight is 175 g/mol. The lowest BCUT2D eigenvalue weighted by molar-refractivity contribution is -0.168. The number of rotatable bonds is 0. The summed E-state index contributed by atoms with van der Waals surface area (Å²) in [6.45, 7) is 6.32. The highest BCUT2D eigenvalue weighted by Gasteiger charge is 2.40. The Labute approximate surface area is 72.8 Å². The summed E-state index contributed by atoms with van der Waals surface area (Å²) < 4.78 is 5.00. The molecule has 0 aromatic heterocycles. The standard InChI is InChI=1S/C8H15NO2.H2O/c1-6-5-11-7(10)8(2,3)9(6)4;/h6H,5H2,1-4H3;1H2. The number of cyclic esters (lactones) is 1. The van der Waals surface area contributed by atoms with Crippen molar-refractivity contribution in [3.63, 3.8) is 0 Å². The van der Waals surface area contributed by atoms with E-state index < -0.39 is 5.54 Å². The van der Waals surface area contributed by atoms with Gasteiger partial charge in [-0.15, -0.1) is 0 Å². The fourth-order valence-electron chi connectivity index (χ4n) is 1.18. The zero-order chi connectivity index (χ0) is 8.65. The number of carbonyl (C=O) groups excluding carboxylic acids is 1. The Hall–Kier alpha value is -0.610. The molecule has 1 rings (SSSR count). The molecule has 1 unspecified atom stereocenters. The Morgan fingerprint density at radius 2 is 2.08 bits per heavy atom. The number of likely N-dealkylation sites (N-methyl/N-ethyl adjacent to an activating group) is 1. The summed E-state index contributed by atoms with van der Waals surface area (Å²) >= 11 is 0. The van der Waals surface area contributed by atoms with E-state index in [4.69, 9.17) is 4.74 Å². The summed E-state index contributed by atoms with van der Waals surface area (Å²) in [6, 6.07) is 0.322. The lowest BCUT2D eigenvalue weighted by Gasteiger charge is -2.41. The predicted molar refractivity (Wildman–Crippen MR) is 45.9 cm³/mol. The molecular formula is C8H17NO3. The maximum atomic E-state index is 11.2. The molecule has 2 N–H and O–H groups in total. The lowest BCUT2D eigenvalue weighted by atomic mass is 10.00. The van der Waals surface area contributed by atoms with E-state index in [0.717, 1.165) is 0 Å². The highest BCUT2D eigenvalue weighted by Crippen LogP contribution is 2.21. The minimum atomic E-state index is -0.461. The van der Waals surface area contributed by atoms with E-state index >= 15 is 0 Å². The van der Waals surface area contributed by atoms with Gasteiger partial charge in [0.2, 0.25) is 0 Å². The SMILES string of the molecule is CC1COC(=O)C(C)(C)N1C.O. The zero-order valence-corrected chi connectivity index (χ0v) is 8.05. The van der Waals surface area contributed by atoms with Crippen LogP contribution in [-0.2, 0) is 9.53 Å². The van der Waals surface area contributed by atoms with Crippen LogP contribution in [0.25, 0.3) is 0 Å². The van der Waals surface area contributed by atoms with E-state index in [0.29, 0.717) is 12.6 Å². The molecule has 1 aliphatic rings. The van der Waals surface area contributed by atoms with E-state index in [2.05, 4.69) is 0 Å². The second kappa shape index (κ2) is 3.41. The normalized spacial score (nSPS) is 29.0. The van der Waals surface area contributed by atoms with Gasteiger partial charge in [0, 0.05) is 6.04 Å². The van der Waals surface area contributed by atoms with Gasteiger partial charge in [-0.05, 0) is 27.8 Å². The number of hydrogen-bond acceptors (Lipinski definition) is 3. The third kappa shape index (κ3) is 1.59. The van der Waals surface area contributed by atoms with Gasteiger partial charge in [0.15, 0.2) is 0 Å². The number of nitrogens with zero attached hydrogens (tertiary/aromatic N) is 1. The van der Waals surface area contributed by atoms with Crippen molar-refractivity contribution in [1.82, 2.24) is 4.90 Å². The minimum Gasteiger partial charge on any atom is -0.463 e. The molecule has 4 nitrogen and oxygen atoms in total. The van der Waals surface area contributed by atoms with Crippen LogP contribution in [0.3, 0.4) is 0 Å². The van der Waals surface area contributed by atoms with Gasteiger partial charge < -0.3 is 10.2 Å². The molecule has 0 saturated carbocycles. The van der Waals surface area contributed by atoms with Gasteiger partial charge in [-0.2, -0.15) is 0 Å². The summed E-state index contributed by atoms with van der Waals surface area (Å²) in [7, 11) is 1.95. The van der Waals surface area contributed by atoms with Crippen LogP contribution in [0.5, 0.6) is 0 Å². The zero-order valence-electron chi connectivity index (χ0n) is 8.05.